The van der Waals surface area contributed by atoms with Crippen LogP contribution in [0.5, 0.6) is 5.75 Å². The van der Waals surface area contributed by atoms with Crippen LogP contribution in [0.4, 0.5) is 0 Å². The van der Waals surface area contributed by atoms with Crippen LogP contribution in [0.2, 0.25) is 0 Å². The van der Waals surface area contributed by atoms with Gasteiger partial charge in [-0.3, -0.25) is 28.9 Å². The van der Waals surface area contributed by atoms with Crippen molar-refractivity contribution in [3.8, 4) is 5.75 Å². The molecule has 13 heteroatoms. The summed E-state index contributed by atoms with van der Waals surface area (Å²) in [4.78, 5) is 70.7. The van der Waals surface area contributed by atoms with Crippen LogP contribution in [-0.2, 0) is 30.3 Å². The summed E-state index contributed by atoms with van der Waals surface area (Å²) in [6.07, 6.45) is 0.359. The fourth-order valence-electron chi connectivity index (χ4n) is 5.72. The Balaban J connectivity index is 1.60. The summed E-state index contributed by atoms with van der Waals surface area (Å²) in [5.74, 6) is -2.24. The first-order valence-electron chi connectivity index (χ1n) is 16.6. The highest BCUT2D eigenvalue weighted by Crippen LogP contribution is 2.19. The van der Waals surface area contributed by atoms with Crippen LogP contribution in [0.1, 0.15) is 42.6 Å². The number of likely N-dealkylation sites (N-methyl/N-ethyl adjacent to an activating group) is 1. The fraction of sp³-hybridized carbons (Fsp3) is 0.514. The molecule has 2 aliphatic heterocycles. The van der Waals surface area contributed by atoms with Gasteiger partial charge in [0.25, 0.3) is 5.91 Å². The van der Waals surface area contributed by atoms with Gasteiger partial charge in [0.1, 0.15) is 24.4 Å². The van der Waals surface area contributed by atoms with E-state index in [4.69, 9.17) is 9.47 Å². The number of morpholine rings is 1. The number of carbonyl (C=O) groups is 5. The van der Waals surface area contributed by atoms with Crippen molar-refractivity contribution in [2.45, 2.75) is 51.2 Å². The van der Waals surface area contributed by atoms with Crippen LogP contribution in [0.25, 0.3) is 0 Å². The van der Waals surface area contributed by atoms with Crippen molar-refractivity contribution >= 4 is 29.5 Å². The number of benzene rings is 2. The van der Waals surface area contributed by atoms with Crippen molar-refractivity contribution in [3.05, 3.63) is 65.7 Å². The normalized spacial score (nSPS) is 22.1. The Morgan fingerprint density at radius 3 is 2.38 bits per heavy atom. The van der Waals surface area contributed by atoms with Crippen molar-refractivity contribution in [3.63, 3.8) is 0 Å². The van der Waals surface area contributed by atoms with Crippen molar-refractivity contribution in [1.29, 1.82) is 0 Å². The molecule has 1 fully saturated rings. The topological polar surface area (TPSA) is 158 Å². The Morgan fingerprint density at radius 2 is 1.65 bits per heavy atom. The predicted molar refractivity (Wildman–Crippen MR) is 179 cm³/mol. The summed E-state index contributed by atoms with van der Waals surface area (Å²) < 4.78 is 11.5. The third-order valence-electron chi connectivity index (χ3n) is 8.20. The van der Waals surface area contributed by atoms with E-state index in [1.54, 1.807) is 24.3 Å². The monoisotopic (exact) mass is 664 g/mol. The van der Waals surface area contributed by atoms with Gasteiger partial charge < -0.3 is 35.6 Å². The van der Waals surface area contributed by atoms with Gasteiger partial charge in [-0.05, 0) is 36.5 Å². The number of ether oxygens (including phenoxy) is 2. The third kappa shape index (κ3) is 11.3. The van der Waals surface area contributed by atoms with Gasteiger partial charge in [-0.2, -0.15) is 0 Å². The van der Waals surface area contributed by atoms with E-state index in [-0.39, 0.29) is 30.4 Å². The molecule has 0 unspecified atom stereocenters. The number of para-hydroxylation sites is 1. The zero-order valence-electron chi connectivity index (χ0n) is 28.0. The molecule has 2 aromatic carbocycles. The van der Waals surface area contributed by atoms with Gasteiger partial charge in [0, 0.05) is 33.2 Å². The molecule has 0 radical (unpaired) electrons. The van der Waals surface area contributed by atoms with E-state index in [1.165, 1.54) is 11.9 Å². The predicted octanol–water partition coefficient (Wildman–Crippen LogP) is 0.733. The second-order valence-electron chi connectivity index (χ2n) is 12.7. The highest BCUT2D eigenvalue weighted by atomic mass is 16.5. The average molecular weight is 665 g/mol. The third-order valence-corrected chi connectivity index (χ3v) is 8.20. The first-order chi connectivity index (χ1) is 23.1. The van der Waals surface area contributed by atoms with Crippen LogP contribution in [-0.4, -0.2) is 117 Å². The lowest BCUT2D eigenvalue weighted by atomic mass is 10.0. The summed E-state index contributed by atoms with van der Waals surface area (Å²) >= 11 is 0. The lowest BCUT2D eigenvalue weighted by Crippen LogP contribution is -2.54. The van der Waals surface area contributed by atoms with E-state index in [9.17, 15) is 24.0 Å². The maximum absolute atomic E-state index is 13.7. The molecule has 48 heavy (non-hydrogen) atoms. The van der Waals surface area contributed by atoms with Crippen LogP contribution < -0.4 is 26.0 Å². The number of carbonyl (C=O) groups excluding carboxylic acids is 5. The first kappa shape index (κ1) is 36.3. The van der Waals surface area contributed by atoms with Crippen LogP contribution >= 0.6 is 0 Å². The number of nitrogens with zero attached hydrogens (tertiary/aromatic N) is 2. The zero-order chi connectivity index (χ0) is 34.5. The summed E-state index contributed by atoms with van der Waals surface area (Å²) in [5.41, 5.74) is 1.14. The van der Waals surface area contributed by atoms with Crippen LogP contribution in [0.15, 0.2) is 54.6 Å². The Labute approximate surface area is 282 Å². The van der Waals surface area contributed by atoms with E-state index in [2.05, 4.69) is 26.2 Å². The second-order valence-corrected chi connectivity index (χ2v) is 12.7. The molecule has 0 aromatic heterocycles. The minimum Gasteiger partial charge on any atom is -0.491 e. The molecule has 4 N–H and O–H groups in total. The Bertz CT molecular complexity index is 1400. The van der Waals surface area contributed by atoms with Gasteiger partial charge in [-0.25, -0.2) is 0 Å². The Hall–Kier alpha value is -4.49. The Morgan fingerprint density at radius 1 is 0.938 bits per heavy atom. The zero-order valence-corrected chi connectivity index (χ0v) is 28.0. The molecule has 2 aliphatic rings. The van der Waals surface area contributed by atoms with Gasteiger partial charge in [0.2, 0.25) is 23.6 Å². The van der Waals surface area contributed by atoms with E-state index in [0.717, 1.165) is 18.7 Å². The highest BCUT2D eigenvalue weighted by Gasteiger charge is 2.31. The maximum Gasteiger partial charge on any atom is 0.255 e. The lowest BCUT2D eigenvalue weighted by molar-refractivity contribution is -0.139. The smallest absolute Gasteiger partial charge is 0.255 e. The van der Waals surface area contributed by atoms with Crippen molar-refractivity contribution in [1.82, 2.24) is 31.1 Å². The molecule has 5 amide bonds. The van der Waals surface area contributed by atoms with Crippen molar-refractivity contribution in [2.75, 3.05) is 59.6 Å². The number of amides is 5. The van der Waals surface area contributed by atoms with E-state index < -0.39 is 54.1 Å². The largest absolute Gasteiger partial charge is 0.491 e. The van der Waals surface area contributed by atoms with Crippen molar-refractivity contribution in [2.24, 2.45) is 5.92 Å². The molecule has 4 rings (SSSR count). The molecule has 2 aromatic rings. The molecule has 0 bridgehead atoms. The molecule has 0 spiro atoms. The van der Waals surface area contributed by atoms with E-state index >= 15 is 0 Å². The average Bonchev–Trinajstić information content (AvgIpc) is 3.06. The molecule has 13 nitrogen and oxygen atoms in total. The highest BCUT2D eigenvalue weighted by molar-refractivity contribution is 6.01. The Kier molecular flexibility index (Phi) is 13.8. The van der Waals surface area contributed by atoms with Gasteiger partial charge in [0.05, 0.1) is 37.8 Å². The van der Waals surface area contributed by atoms with Gasteiger partial charge >= 0.3 is 0 Å². The van der Waals surface area contributed by atoms with Gasteiger partial charge in [-0.15, -0.1) is 0 Å². The quantitative estimate of drug-likeness (QED) is 0.322. The maximum atomic E-state index is 13.7. The standard InChI is InChI=1S/C35H48N6O7/c1-24(2)19-29-35(46)40(3)22-32(43)37-26(20-25-9-5-4-6-10-25)23-48-30-12-8-7-11-27(30)33(44)39-28(21-31(42)38-29)34(45)36-13-14-41-15-17-47-18-16-41/h4-12,24,26,28-29H,13-23H2,1-3H3,(H,36,45)(H,37,43)(H,38,42)(H,39,44)/t26-,28+,29-/m1/s1. The molecular weight excluding hydrogens is 616 g/mol. The molecular formula is C35H48N6O7. The summed E-state index contributed by atoms with van der Waals surface area (Å²) in [6, 6.07) is 13.5. The number of fused-ring (bicyclic) bond motifs is 1. The minimum atomic E-state index is -1.23. The van der Waals surface area contributed by atoms with E-state index in [0.29, 0.717) is 39.1 Å². The SMILES string of the molecule is CC(C)C[C@H]1NC(=O)C[C@@H](C(=O)NCCN2CCOCC2)NC(=O)c2ccccc2OC[C@@H](Cc2ccccc2)NC(=O)CN(C)C1=O. The van der Waals surface area contributed by atoms with Crippen LogP contribution in [0, 0.1) is 5.92 Å². The molecule has 1 saturated heterocycles. The number of nitrogens with one attached hydrogen (secondary N) is 4. The molecule has 2 heterocycles. The fourth-order valence-corrected chi connectivity index (χ4v) is 5.72. The second kappa shape index (κ2) is 18.2. The lowest BCUT2D eigenvalue weighted by Gasteiger charge is -2.27. The molecule has 260 valence electrons. The number of hydrogen-bond donors (Lipinski definition) is 4. The number of rotatable bonds is 8. The summed E-state index contributed by atoms with van der Waals surface area (Å²) in [5, 5.41) is 11.3. The molecule has 3 atom stereocenters. The number of hydrogen-bond acceptors (Lipinski definition) is 8. The van der Waals surface area contributed by atoms with Crippen molar-refractivity contribution < 1.29 is 33.4 Å². The summed E-state index contributed by atoms with van der Waals surface area (Å²) in [7, 11) is 1.51. The first-order valence-corrected chi connectivity index (χ1v) is 16.6. The van der Waals surface area contributed by atoms with Gasteiger partial charge in [0.15, 0.2) is 0 Å². The minimum absolute atomic E-state index is 0.0318. The summed E-state index contributed by atoms with van der Waals surface area (Å²) in [6.45, 7) is 7.29. The van der Waals surface area contributed by atoms with Crippen LogP contribution in [0.3, 0.4) is 0 Å². The molecule has 0 aliphatic carbocycles. The van der Waals surface area contributed by atoms with E-state index in [1.807, 2.05) is 44.2 Å². The van der Waals surface area contributed by atoms with Gasteiger partial charge in [-0.1, -0.05) is 56.3 Å². The molecule has 0 saturated carbocycles.